The molecule has 3 N–H and O–H groups in total. The number of aromatic carboxylic acids is 1. The molecule has 4 unspecified atom stereocenters. The third-order valence-electron chi connectivity index (χ3n) is 5.77. The van der Waals surface area contributed by atoms with Gasteiger partial charge in [0.15, 0.2) is 0 Å². The van der Waals surface area contributed by atoms with E-state index in [1.807, 2.05) is 45.2 Å². The summed E-state index contributed by atoms with van der Waals surface area (Å²) in [6.45, 7) is -0.397. The molecule has 2 fully saturated rings. The van der Waals surface area contributed by atoms with Gasteiger partial charge in [0.05, 0.1) is 17.0 Å². The maximum absolute atomic E-state index is 13.1. The fourth-order valence-electron chi connectivity index (χ4n) is 4.38. The van der Waals surface area contributed by atoms with Gasteiger partial charge in [-0.15, -0.1) is 0 Å². The molecule has 0 saturated heterocycles. The summed E-state index contributed by atoms with van der Waals surface area (Å²) in [4.78, 5) is 37.3. The van der Waals surface area contributed by atoms with Gasteiger partial charge in [0, 0.05) is 20.3 Å². The number of carboxylic acid groups (broad SMARTS) is 1. The van der Waals surface area contributed by atoms with Gasteiger partial charge in [-0.3, -0.25) is 14.1 Å². The van der Waals surface area contributed by atoms with Crippen molar-refractivity contribution >= 4 is 118 Å². The second-order valence-electron chi connectivity index (χ2n) is 7.68. The number of esters is 1. The van der Waals surface area contributed by atoms with Gasteiger partial charge in [-0.1, -0.05) is 0 Å². The van der Waals surface area contributed by atoms with Gasteiger partial charge >= 0.3 is 11.9 Å². The molecule has 32 heavy (non-hydrogen) atoms. The molecule has 2 aliphatic carbocycles. The van der Waals surface area contributed by atoms with Gasteiger partial charge in [0.2, 0.25) is 0 Å². The van der Waals surface area contributed by atoms with Crippen LogP contribution in [0.4, 0.5) is 0 Å². The van der Waals surface area contributed by atoms with Gasteiger partial charge < -0.3 is 15.2 Å². The van der Waals surface area contributed by atoms with Crippen LogP contribution in [0.5, 0.6) is 0 Å². The molecule has 1 aromatic rings. The number of hydrogen-bond donors (Lipinski definition) is 3. The Kier molecular flexibility index (Phi) is 8.97. The van der Waals surface area contributed by atoms with Crippen LogP contribution in [-0.2, 0) is 19.6 Å². The summed E-state index contributed by atoms with van der Waals surface area (Å²) in [5.74, 6) is -3.05. The monoisotopic (exact) mass is 915 g/mol. The van der Waals surface area contributed by atoms with Gasteiger partial charge in [0.1, 0.15) is 12.4 Å². The van der Waals surface area contributed by atoms with Crippen LogP contribution in [0, 0.1) is 32.0 Å². The molecule has 9 nitrogen and oxygen atoms in total. The number of halogens is 4. The maximum atomic E-state index is 13.1. The normalized spacial score (nSPS) is 24.4. The number of benzene rings is 1. The van der Waals surface area contributed by atoms with E-state index in [0.29, 0.717) is 20.0 Å². The Morgan fingerprint density at radius 1 is 0.938 bits per heavy atom. The first-order valence-electron chi connectivity index (χ1n) is 9.33. The van der Waals surface area contributed by atoms with Crippen LogP contribution in [0.25, 0.3) is 0 Å². The lowest BCUT2D eigenvalue weighted by atomic mass is 9.86. The van der Waals surface area contributed by atoms with Crippen molar-refractivity contribution in [3.05, 3.63) is 25.4 Å². The van der Waals surface area contributed by atoms with Crippen molar-refractivity contribution in [3.8, 4) is 0 Å². The minimum absolute atomic E-state index is 0.00135. The Morgan fingerprint density at radius 3 is 2.03 bits per heavy atom. The quantitative estimate of drug-likeness (QED) is 0.124. The van der Waals surface area contributed by atoms with E-state index in [0.717, 1.165) is 13.6 Å². The lowest BCUT2D eigenvalue weighted by Crippen LogP contribution is -2.42. The average Bonchev–Trinajstić information content (AvgIpc) is 3.27. The van der Waals surface area contributed by atoms with E-state index >= 15 is 0 Å². The van der Waals surface area contributed by atoms with E-state index in [9.17, 15) is 27.9 Å². The van der Waals surface area contributed by atoms with Crippen molar-refractivity contribution in [1.29, 1.82) is 0 Å². The van der Waals surface area contributed by atoms with Gasteiger partial charge in [0.25, 0.3) is 16.0 Å². The summed E-state index contributed by atoms with van der Waals surface area (Å²) in [5.41, 5.74) is 0.136. The maximum Gasteiger partial charge on any atom is 0.337 e. The van der Waals surface area contributed by atoms with Crippen molar-refractivity contribution < 1.29 is 37.2 Å². The summed E-state index contributed by atoms with van der Waals surface area (Å²) in [6, 6.07) is -0.179. The zero-order valence-corrected chi connectivity index (χ0v) is 25.6. The Hall–Kier alpha value is 0.460. The molecule has 0 aromatic heterocycles. The molecular weight excluding hydrogens is 898 g/mol. The summed E-state index contributed by atoms with van der Waals surface area (Å²) >= 11 is 8.13. The number of carbonyl (C=O) groups is 3. The van der Waals surface area contributed by atoms with E-state index < -0.39 is 40.3 Å². The van der Waals surface area contributed by atoms with Crippen LogP contribution >= 0.6 is 90.4 Å². The molecule has 2 saturated carbocycles. The van der Waals surface area contributed by atoms with Crippen molar-refractivity contribution in [3.63, 3.8) is 0 Å². The highest BCUT2D eigenvalue weighted by atomic mass is 127. The van der Waals surface area contributed by atoms with E-state index in [1.54, 1.807) is 0 Å². The van der Waals surface area contributed by atoms with Gasteiger partial charge in [-0.05, 0) is 121 Å². The number of rotatable bonds is 7. The van der Waals surface area contributed by atoms with E-state index in [2.05, 4.69) is 50.5 Å². The lowest BCUT2D eigenvalue weighted by Gasteiger charge is -2.28. The molecule has 176 valence electrons. The Labute approximate surface area is 238 Å². The molecule has 14 heteroatoms. The van der Waals surface area contributed by atoms with Gasteiger partial charge in [-0.25, -0.2) is 4.79 Å². The molecule has 1 aromatic carbocycles. The highest BCUT2D eigenvalue weighted by Gasteiger charge is 2.50. The zero-order chi connectivity index (χ0) is 24.0. The molecular formula is C18H17I4NO8S. The standard InChI is InChI=1S/C18H17I4NO8S/c19-12-10(11(17(25)26)13(20)15(22)14(12)21)16(24)23-9-5-6-3-7(9)4-8(6)18(27)31-1-2-32(28,29)30/h6-9H,1-5H2,(H,23,24)(H,25,26)(H,28,29,30). The topological polar surface area (TPSA) is 147 Å². The smallest absolute Gasteiger partial charge is 0.337 e. The minimum Gasteiger partial charge on any atom is -0.478 e. The Balaban J connectivity index is 1.69. The number of fused-ring (bicyclic) bond motifs is 2. The highest BCUT2D eigenvalue weighted by Crippen LogP contribution is 2.49. The summed E-state index contributed by atoms with van der Waals surface area (Å²) in [7, 11) is -4.19. The van der Waals surface area contributed by atoms with Crippen molar-refractivity contribution in [2.45, 2.75) is 25.3 Å². The summed E-state index contributed by atoms with van der Waals surface area (Å²) in [5, 5.41) is 12.7. The largest absolute Gasteiger partial charge is 0.478 e. The van der Waals surface area contributed by atoms with Crippen LogP contribution in [0.15, 0.2) is 0 Å². The fraction of sp³-hybridized carbons (Fsp3) is 0.500. The Morgan fingerprint density at radius 2 is 1.53 bits per heavy atom. The third-order valence-corrected chi connectivity index (χ3v) is 13.9. The second kappa shape index (κ2) is 10.6. The van der Waals surface area contributed by atoms with E-state index in [1.165, 1.54) is 0 Å². The third kappa shape index (κ3) is 5.81. The van der Waals surface area contributed by atoms with E-state index in [4.69, 9.17) is 9.29 Å². The van der Waals surface area contributed by atoms with Crippen molar-refractivity contribution in [2.24, 2.45) is 17.8 Å². The lowest BCUT2D eigenvalue weighted by molar-refractivity contribution is -0.149. The fourth-order valence-corrected chi connectivity index (χ4v) is 8.34. The molecule has 3 rings (SSSR count). The molecule has 1 amide bonds. The minimum atomic E-state index is -4.19. The van der Waals surface area contributed by atoms with Crippen LogP contribution < -0.4 is 5.32 Å². The van der Waals surface area contributed by atoms with Crippen LogP contribution in [-0.4, -0.2) is 54.3 Å². The number of carboxylic acids is 1. The van der Waals surface area contributed by atoms with Crippen molar-refractivity contribution in [1.82, 2.24) is 5.32 Å². The SMILES string of the molecule is O=C(O)c1c(I)c(I)c(I)c(I)c1C(=O)NC1CC2CC1CC2C(=O)OCCS(=O)(=O)O. The molecule has 0 spiro atoms. The number of carbonyl (C=O) groups excluding carboxylic acids is 2. The van der Waals surface area contributed by atoms with E-state index in [-0.39, 0.29) is 34.9 Å². The second-order valence-corrected chi connectivity index (χ2v) is 13.6. The average molecular weight is 915 g/mol. The molecule has 0 radical (unpaired) electrons. The first-order valence-corrected chi connectivity index (χ1v) is 15.3. The number of hydrogen-bond acceptors (Lipinski definition) is 6. The number of ether oxygens (including phenoxy) is 1. The predicted molar refractivity (Wildman–Crippen MR) is 147 cm³/mol. The summed E-state index contributed by atoms with van der Waals surface area (Å²) < 4.78 is 38.0. The predicted octanol–water partition coefficient (Wildman–Crippen LogP) is 3.38. The molecule has 2 aliphatic rings. The van der Waals surface area contributed by atoms with Crippen LogP contribution in [0.2, 0.25) is 0 Å². The first kappa shape index (κ1) is 27.1. The van der Waals surface area contributed by atoms with Crippen LogP contribution in [0.1, 0.15) is 40.0 Å². The van der Waals surface area contributed by atoms with Crippen molar-refractivity contribution in [2.75, 3.05) is 12.4 Å². The first-order chi connectivity index (χ1) is 14.8. The van der Waals surface area contributed by atoms with Crippen LogP contribution in [0.3, 0.4) is 0 Å². The zero-order valence-electron chi connectivity index (χ0n) is 16.1. The summed E-state index contributed by atoms with van der Waals surface area (Å²) in [6.07, 6.45) is 1.80. The van der Waals surface area contributed by atoms with Gasteiger partial charge in [-0.2, -0.15) is 8.42 Å². The number of nitrogens with one attached hydrogen (secondary N) is 1. The molecule has 0 heterocycles. The molecule has 4 atom stereocenters. The molecule has 2 bridgehead atoms. The number of amides is 1. The Bertz CT molecular complexity index is 1090. The highest BCUT2D eigenvalue weighted by molar-refractivity contribution is 14.1. The molecule has 0 aliphatic heterocycles.